The molecule has 0 aliphatic heterocycles. The number of ether oxygens (including phenoxy) is 2. The standard InChI is InChI=1S/C17H32INO3/c1-12-7-13(2)9-14(8-12)21-17(6,10-18)11-19-15(20)22-16(3,4)5/h12-14H,7-11H2,1-6H3,(H,19,20). The highest BCUT2D eigenvalue weighted by molar-refractivity contribution is 14.1. The van der Waals surface area contributed by atoms with Crippen LogP contribution >= 0.6 is 22.6 Å². The van der Waals surface area contributed by atoms with Crippen LogP contribution in [0.1, 0.15) is 60.8 Å². The minimum absolute atomic E-state index is 0.291. The number of alkyl halides is 1. The first kappa shape index (κ1) is 20.0. The summed E-state index contributed by atoms with van der Waals surface area (Å²) in [6, 6.07) is 0. The molecule has 130 valence electrons. The van der Waals surface area contributed by atoms with Crippen LogP contribution in [0, 0.1) is 11.8 Å². The average molecular weight is 425 g/mol. The van der Waals surface area contributed by atoms with Gasteiger partial charge in [0, 0.05) is 4.43 Å². The van der Waals surface area contributed by atoms with Crippen molar-refractivity contribution in [3.8, 4) is 0 Å². The largest absolute Gasteiger partial charge is 0.444 e. The van der Waals surface area contributed by atoms with Crippen molar-refractivity contribution in [3.05, 3.63) is 0 Å². The van der Waals surface area contributed by atoms with Crippen LogP contribution in [0.4, 0.5) is 4.79 Å². The lowest BCUT2D eigenvalue weighted by atomic mass is 9.81. The van der Waals surface area contributed by atoms with Crippen LogP contribution in [0.15, 0.2) is 0 Å². The zero-order valence-corrected chi connectivity index (χ0v) is 17.0. The minimum atomic E-state index is -0.472. The molecule has 3 atom stereocenters. The Labute approximate surface area is 149 Å². The maximum atomic E-state index is 11.8. The normalized spacial score (nSPS) is 28.8. The topological polar surface area (TPSA) is 47.6 Å². The molecule has 22 heavy (non-hydrogen) atoms. The fourth-order valence-corrected chi connectivity index (χ4v) is 3.51. The van der Waals surface area contributed by atoms with Gasteiger partial charge in [-0.3, -0.25) is 0 Å². The predicted molar refractivity (Wildman–Crippen MR) is 98.6 cm³/mol. The summed E-state index contributed by atoms with van der Waals surface area (Å²) < 4.78 is 12.5. The molecule has 0 aromatic heterocycles. The molecular weight excluding hydrogens is 393 g/mol. The van der Waals surface area contributed by atoms with Gasteiger partial charge in [-0.1, -0.05) is 36.4 Å². The van der Waals surface area contributed by atoms with Crippen LogP contribution < -0.4 is 5.32 Å². The van der Waals surface area contributed by atoms with Gasteiger partial charge in [-0.15, -0.1) is 0 Å². The lowest BCUT2D eigenvalue weighted by Gasteiger charge is -2.38. The Bertz CT molecular complexity index is 359. The molecule has 0 aromatic carbocycles. The van der Waals surface area contributed by atoms with Crippen LogP contribution in [-0.4, -0.2) is 34.4 Å². The molecule has 1 aliphatic carbocycles. The molecule has 4 nitrogen and oxygen atoms in total. The summed E-state index contributed by atoms with van der Waals surface area (Å²) >= 11 is 2.33. The van der Waals surface area contributed by atoms with Crippen LogP contribution in [0.5, 0.6) is 0 Å². The van der Waals surface area contributed by atoms with Gasteiger partial charge in [0.25, 0.3) is 0 Å². The first-order chi connectivity index (χ1) is 10.0. The number of carbonyl (C=O) groups is 1. The van der Waals surface area contributed by atoms with Crippen molar-refractivity contribution in [2.45, 2.75) is 78.1 Å². The second kappa shape index (κ2) is 8.18. The van der Waals surface area contributed by atoms with Gasteiger partial charge in [-0.2, -0.15) is 0 Å². The molecule has 0 bridgehead atoms. The van der Waals surface area contributed by atoms with Crippen molar-refractivity contribution < 1.29 is 14.3 Å². The SMILES string of the molecule is CC1CC(C)CC(OC(C)(CI)CNC(=O)OC(C)(C)C)C1. The molecular formula is C17H32INO3. The van der Waals surface area contributed by atoms with E-state index in [0.29, 0.717) is 24.5 Å². The maximum Gasteiger partial charge on any atom is 0.407 e. The van der Waals surface area contributed by atoms with E-state index in [2.05, 4.69) is 48.7 Å². The second-order valence-electron chi connectivity index (χ2n) is 8.10. The first-order valence-electron chi connectivity index (χ1n) is 8.23. The van der Waals surface area contributed by atoms with Crippen LogP contribution in [-0.2, 0) is 9.47 Å². The molecule has 0 saturated heterocycles. The quantitative estimate of drug-likeness (QED) is 0.520. The molecule has 1 aliphatic rings. The van der Waals surface area contributed by atoms with Gasteiger partial charge in [0.15, 0.2) is 0 Å². The lowest BCUT2D eigenvalue weighted by Crippen LogP contribution is -2.48. The van der Waals surface area contributed by atoms with Crippen LogP contribution in [0.25, 0.3) is 0 Å². The zero-order chi connectivity index (χ0) is 17.0. The van der Waals surface area contributed by atoms with Gasteiger partial charge in [-0.25, -0.2) is 4.79 Å². The van der Waals surface area contributed by atoms with Crippen molar-refractivity contribution >= 4 is 28.7 Å². The number of amides is 1. The van der Waals surface area contributed by atoms with Crippen molar-refractivity contribution in [1.29, 1.82) is 0 Å². The smallest absolute Gasteiger partial charge is 0.407 e. The van der Waals surface area contributed by atoms with Gasteiger partial charge in [-0.05, 0) is 58.8 Å². The van der Waals surface area contributed by atoms with Gasteiger partial charge in [0.2, 0.25) is 0 Å². The van der Waals surface area contributed by atoms with E-state index >= 15 is 0 Å². The summed E-state index contributed by atoms with van der Waals surface area (Å²) in [7, 11) is 0. The molecule has 1 saturated carbocycles. The van der Waals surface area contributed by atoms with Gasteiger partial charge >= 0.3 is 6.09 Å². The van der Waals surface area contributed by atoms with E-state index in [9.17, 15) is 4.79 Å². The van der Waals surface area contributed by atoms with E-state index in [4.69, 9.17) is 9.47 Å². The Morgan fingerprint density at radius 2 is 1.68 bits per heavy atom. The Kier molecular flexibility index (Phi) is 7.43. The fourth-order valence-electron chi connectivity index (χ4n) is 3.07. The van der Waals surface area contributed by atoms with Gasteiger partial charge in [0.05, 0.1) is 18.2 Å². The molecule has 0 spiro atoms. The zero-order valence-electron chi connectivity index (χ0n) is 14.9. The molecule has 1 fully saturated rings. The minimum Gasteiger partial charge on any atom is -0.444 e. The Balaban J connectivity index is 2.51. The summed E-state index contributed by atoms with van der Waals surface area (Å²) in [5, 5.41) is 2.85. The van der Waals surface area contributed by atoms with Gasteiger partial charge < -0.3 is 14.8 Å². The Hall–Kier alpha value is -0.0400. The highest BCUT2D eigenvalue weighted by Crippen LogP contribution is 2.33. The maximum absolute atomic E-state index is 11.8. The van der Waals surface area contributed by atoms with E-state index in [-0.39, 0.29) is 11.7 Å². The second-order valence-corrected chi connectivity index (χ2v) is 8.86. The highest BCUT2D eigenvalue weighted by atomic mass is 127. The summed E-state index contributed by atoms with van der Waals surface area (Å²) in [6.45, 7) is 12.7. The van der Waals surface area contributed by atoms with E-state index in [1.54, 1.807) is 0 Å². The summed E-state index contributed by atoms with van der Waals surface area (Å²) in [5.74, 6) is 1.43. The number of alkyl carbamates (subject to hydrolysis) is 1. The number of rotatable bonds is 5. The van der Waals surface area contributed by atoms with E-state index in [1.165, 1.54) is 6.42 Å². The first-order valence-corrected chi connectivity index (χ1v) is 9.76. The number of carbonyl (C=O) groups excluding carboxylic acids is 1. The average Bonchev–Trinajstić information content (AvgIpc) is 2.33. The molecule has 1 rings (SSSR count). The third-order valence-electron chi connectivity index (χ3n) is 3.87. The van der Waals surface area contributed by atoms with Crippen LogP contribution in [0.3, 0.4) is 0 Å². The Morgan fingerprint density at radius 1 is 1.14 bits per heavy atom. The summed E-state index contributed by atoms with van der Waals surface area (Å²) in [4.78, 5) is 11.8. The number of hydrogen-bond donors (Lipinski definition) is 1. The lowest BCUT2D eigenvalue weighted by molar-refractivity contribution is -0.0921. The van der Waals surface area contributed by atoms with Gasteiger partial charge in [0.1, 0.15) is 5.60 Å². The monoisotopic (exact) mass is 425 g/mol. The molecule has 3 unspecified atom stereocenters. The van der Waals surface area contributed by atoms with Crippen molar-refractivity contribution in [3.63, 3.8) is 0 Å². The highest BCUT2D eigenvalue weighted by Gasteiger charge is 2.33. The van der Waals surface area contributed by atoms with E-state index in [0.717, 1.165) is 17.3 Å². The summed E-state index contributed by atoms with van der Waals surface area (Å²) in [5.41, 5.74) is -0.821. The number of halogens is 1. The van der Waals surface area contributed by atoms with E-state index < -0.39 is 5.60 Å². The third-order valence-corrected chi connectivity index (χ3v) is 5.49. The molecule has 1 amide bonds. The number of nitrogens with one attached hydrogen (secondary N) is 1. The van der Waals surface area contributed by atoms with Crippen molar-refractivity contribution in [1.82, 2.24) is 5.32 Å². The molecule has 5 heteroatoms. The predicted octanol–water partition coefficient (Wildman–Crippen LogP) is 4.55. The summed E-state index contributed by atoms with van der Waals surface area (Å²) in [6.07, 6.45) is 3.43. The fraction of sp³-hybridized carbons (Fsp3) is 0.941. The number of hydrogen-bond acceptors (Lipinski definition) is 3. The van der Waals surface area contributed by atoms with Crippen molar-refractivity contribution in [2.75, 3.05) is 11.0 Å². The molecule has 0 aromatic rings. The Morgan fingerprint density at radius 3 is 2.14 bits per heavy atom. The van der Waals surface area contributed by atoms with E-state index in [1.807, 2.05) is 20.8 Å². The molecule has 0 radical (unpaired) electrons. The molecule has 0 heterocycles. The van der Waals surface area contributed by atoms with Crippen molar-refractivity contribution in [2.24, 2.45) is 11.8 Å². The third kappa shape index (κ3) is 7.49. The molecule has 1 N–H and O–H groups in total. The van der Waals surface area contributed by atoms with Crippen LogP contribution in [0.2, 0.25) is 0 Å².